The number of fused-ring (bicyclic) bond motifs is 1. The molecular formula is C11H11ClN2O2S. The molecule has 17 heavy (non-hydrogen) atoms. The van der Waals surface area contributed by atoms with Crippen molar-refractivity contribution in [2.75, 3.05) is 5.75 Å². The minimum absolute atomic E-state index is 0.388. The molecule has 0 atom stereocenters. The molecule has 4 nitrogen and oxygen atoms in total. The highest BCUT2D eigenvalue weighted by Gasteiger charge is 2.11. The van der Waals surface area contributed by atoms with Crippen molar-refractivity contribution >= 4 is 40.9 Å². The molecule has 0 bridgehead atoms. The third kappa shape index (κ3) is 3.38. The second kappa shape index (κ2) is 5.42. The molecule has 0 amide bonds. The minimum atomic E-state index is -0.388. The summed E-state index contributed by atoms with van der Waals surface area (Å²) in [6, 6.07) is 5.53. The highest BCUT2D eigenvalue weighted by molar-refractivity contribution is 7.99. The molecule has 6 heteroatoms. The average molecular weight is 271 g/mol. The number of hydrogen-bond donors (Lipinski definition) is 1. The van der Waals surface area contributed by atoms with Crippen LogP contribution in [0.25, 0.3) is 0 Å². The molecule has 0 radical (unpaired) electrons. The summed E-state index contributed by atoms with van der Waals surface area (Å²) in [4.78, 5) is 20.9. The van der Waals surface area contributed by atoms with Gasteiger partial charge in [0.15, 0.2) is 0 Å². The molecule has 1 aromatic rings. The van der Waals surface area contributed by atoms with Crippen molar-refractivity contribution in [3.63, 3.8) is 0 Å². The minimum Gasteiger partial charge on any atom is -0.343 e. The van der Waals surface area contributed by atoms with E-state index in [-0.39, 0.29) is 5.97 Å². The second-order valence-corrected chi connectivity index (χ2v) is 5.04. The molecule has 0 unspecified atom stereocenters. The van der Waals surface area contributed by atoms with Crippen LogP contribution >= 0.6 is 23.4 Å². The van der Waals surface area contributed by atoms with Crippen molar-refractivity contribution in [3.05, 3.63) is 23.2 Å². The van der Waals surface area contributed by atoms with E-state index >= 15 is 0 Å². The quantitative estimate of drug-likeness (QED) is 0.737. The first kappa shape index (κ1) is 12.3. The second-order valence-electron chi connectivity index (χ2n) is 3.46. The Morgan fingerprint density at radius 1 is 1.59 bits per heavy atom. The smallest absolute Gasteiger partial charge is 0.329 e. The Hall–Kier alpha value is -1.20. The summed E-state index contributed by atoms with van der Waals surface area (Å²) in [6.07, 6.45) is 0.713. The van der Waals surface area contributed by atoms with E-state index in [1.54, 1.807) is 17.8 Å². The van der Waals surface area contributed by atoms with Crippen LogP contribution in [0.3, 0.4) is 0 Å². The third-order valence-electron chi connectivity index (χ3n) is 2.09. The van der Waals surface area contributed by atoms with Crippen molar-refractivity contribution in [1.29, 1.82) is 0 Å². The van der Waals surface area contributed by atoms with Gasteiger partial charge < -0.3 is 4.84 Å². The number of nitrogens with one attached hydrogen (secondary N) is 1. The highest BCUT2D eigenvalue weighted by Crippen LogP contribution is 2.34. The molecule has 2 rings (SSSR count). The summed E-state index contributed by atoms with van der Waals surface area (Å²) in [5, 5.41) is 0.697. The largest absolute Gasteiger partial charge is 0.343 e. The van der Waals surface area contributed by atoms with Crippen LogP contribution in [0.1, 0.15) is 13.3 Å². The summed E-state index contributed by atoms with van der Waals surface area (Å²) in [5.41, 5.74) is 3.41. The Morgan fingerprint density at radius 3 is 3.18 bits per heavy atom. The summed E-state index contributed by atoms with van der Waals surface area (Å²) in [6.45, 7) is 1.34. The topological polar surface area (TPSA) is 50.7 Å². The van der Waals surface area contributed by atoms with Crippen molar-refractivity contribution in [2.45, 2.75) is 18.2 Å². The Labute approximate surface area is 108 Å². The first-order valence-corrected chi connectivity index (χ1v) is 6.45. The molecular weight excluding hydrogens is 260 g/mol. The van der Waals surface area contributed by atoms with Crippen LogP contribution in [0.5, 0.6) is 0 Å². The number of rotatable bonds is 0. The van der Waals surface area contributed by atoms with Crippen LogP contribution < -0.4 is 5.48 Å². The molecule has 0 spiro atoms. The number of halogens is 1. The molecule has 1 aliphatic rings. The number of carbonyl (C=O) groups is 1. The predicted molar refractivity (Wildman–Crippen MR) is 68.8 cm³/mol. The molecule has 1 heterocycles. The number of hydrogen-bond acceptors (Lipinski definition) is 5. The maximum Gasteiger partial charge on any atom is 0.329 e. The van der Waals surface area contributed by atoms with E-state index in [0.717, 1.165) is 16.3 Å². The van der Waals surface area contributed by atoms with Crippen molar-refractivity contribution in [3.8, 4) is 0 Å². The Bertz CT molecular complexity index is 477. The van der Waals surface area contributed by atoms with Crippen LogP contribution in [0.4, 0.5) is 5.69 Å². The zero-order valence-corrected chi connectivity index (χ0v) is 10.8. The number of amidine groups is 1. The van der Waals surface area contributed by atoms with Crippen molar-refractivity contribution in [2.24, 2.45) is 4.99 Å². The van der Waals surface area contributed by atoms with Gasteiger partial charge in [0.2, 0.25) is 0 Å². The summed E-state index contributed by atoms with van der Waals surface area (Å²) >= 11 is 7.60. The van der Waals surface area contributed by atoms with Gasteiger partial charge in [-0.15, -0.1) is 11.8 Å². The van der Waals surface area contributed by atoms with Crippen LogP contribution in [0.15, 0.2) is 28.1 Å². The lowest BCUT2D eigenvalue weighted by molar-refractivity contribution is -0.145. The van der Waals surface area contributed by atoms with Crippen LogP contribution in [0.2, 0.25) is 5.02 Å². The SMILES string of the molecule is CC(=O)ONC1=Nc2ccc(Cl)cc2SCC1. The molecule has 1 aromatic carbocycles. The van der Waals surface area contributed by atoms with Gasteiger partial charge in [-0.2, -0.15) is 0 Å². The van der Waals surface area contributed by atoms with Gasteiger partial charge in [0.25, 0.3) is 0 Å². The standard InChI is InChI=1S/C11H11ClN2O2S/c1-7(15)16-14-11-4-5-17-10-6-8(12)2-3-9(10)13-11/h2-3,6H,4-5H2,1H3,(H,13,14). The fourth-order valence-electron chi connectivity index (χ4n) is 1.36. The van der Waals surface area contributed by atoms with E-state index < -0.39 is 0 Å². The van der Waals surface area contributed by atoms with Gasteiger partial charge in [-0.05, 0) is 18.2 Å². The molecule has 0 aliphatic carbocycles. The number of thioether (sulfide) groups is 1. The maximum absolute atomic E-state index is 10.7. The van der Waals surface area contributed by atoms with E-state index in [1.165, 1.54) is 6.92 Å². The molecule has 1 N–H and O–H groups in total. The molecule has 1 aliphatic heterocycles. The number of aliphatic imine (C=N–C) groups is 1. The van der Waals surface area contributed by atoms with Gasteiger partial charge in [-0.3, -0.25) is 4.79 Å². The van der Waals surface area contributed by atoms with E-state index in [9.17, 15) is 4.79 Å². The monoisotopic (exact) mass is 270 g/mol. The third-order valence-corrected chi connectivity index (χ3v) is 3.37. The van der Waals surface area contributed by atoms with Gasteiger partial charge in [0.05, 0.1) is 5.69 Å². The molecule has 90 valence electrons. The lowest BCUT2D eigenvalue weighted by Gasteiger charge is -2.05. The number of benzene rings is 1. The first-order valence-electron chi connectivity index (χ1n) is 5.08. The Balaban J connectivity index is 2.20. The van der Waals surface area contributed by atoms with E-state index in [2.05, 4.69) is 10.5 Å². The molecule has 0 fully saturated rings. The van der Waals surface area contributed by atoms with Gasteiger partial charge in [-0.25, -0.2) is 10.5 Å². The fraction of sp³-hybridized carbons (Fsp3) is 0.273. The maximum atomic E-state index is 10.7. The Kier molecular flexibility index (Phi) is 3.91. The zero-order valence-electron chi connectivity index (χ0n) is 9.20. The van der Waals surface area contributed by atoms with Crippen LogP contribution in [0, 0.1) is 0 Å². The zero-order chi connectivity index (χ0) is 12.3. The lowest BCUT2D eigenvalue weighted by atomic mass is 10.3. The van der Waals surface area contributed by atoms with Crippen LogP contribution in [-0.4, -0.2) is 17.6 Å². The lowest BCUT2D eigenvalue weighted by Crippen LogP contribution is -2.25. The van der Waals surface area contributed by atoms with Gasteiger partial charge in [0, 0.05) is 29.0 Å². The van der Waals surface area contributed by atoms with E-state index in [0.29, 0.717) is 17.3 Å². The number of carbonyl (C=O) groups excluding carboxylic acids is 1. The molecule has 0 saturated heterocycles. The highest BCUT2D eigenvalue weighted by atomic mass is 35.5. The van der Waals surface area contributed by atoms with Gasteiger partial charge in [-0.1, -0.05) is 11.6 Å². The summed E-state index contributed by atoms with van der Waals surface area (Å²) in [5.74, 6) is 1.12. The summed E-state index contributed by atoms with van der Waals surface area (Å²) < 4.78 is 0. The van der Waals surface area contributed by atoms with Gasteiger partial charge >= 0.3 is 5.97 Å². The molecule has 0 saturated carbocycles. The van der Waals surface area contributed by atoms with Gasteiger partial charge in [0.1, 0.15) is 5.84 Å². The molecule has 0 aromatic heterocycles. The average Bonchev–Trinajstić information content (AvgIpc) is 2.47. The van der Waals surface area contributed by atoms with E-state index in [1.807, 2.05) is 12.1 Å². The normalized spacial score (nSPS) is 14.4. The fourth-order valence-corrected chi connectivity index (χ4v) is 2.58. The van der Waals surface area contributed by atoms with E-state index in [4.69, 9.17) is 16.4 Å². The Morgan fingerprint density at radius 2 is 2.41 bits per heavy atom. The van der Waals surface area contributed by atoms with Crippen molar-refractivity contribution < 1.29 is 9.63 Å². The van der Waals surface area contributed by atoms with Crippen LogP contribution in [-0.2, 0) is 9.63 Å². The van der Waals surface area contributed by atoms with Crippen molar-refractivity contribution in [1.82, 2.24) is 5.48 Å². The predicted octanol–water partition coefficient (Wildman–Crippen LogP) is 2.93. The first-order chi connectivity index (χ1) is 8.15. The summed E-state index contributed by atoms with van der Waals surface area (Å²) in [7, 11) is 0. The number of hydroxylamine groups is 1. The number of nitrogens with zero attached hydrogens (tertiary/aromatic N) is 1.